The molecule has 0 aliphatic heterocycles. The summed E-state index contributed by atoms with van der Waals surface area (Å²) in [7, 11) is 0. The number of fused-ring (bicyclic) bond motifs is 1. The minimum absolute atomic E-state index is 0.188. The Kier molecular flexibility index (Phi) is 3.62. The molecule has 2 aromatic heterocycles. The summed E-state index contributed by atoms with van der Waals surface area (Å²) in [5, 5.41) is 4.07. The van der Waals surface area contributed by atoms with Crippen LogP contribution in [0.1, 0.15) is 27.1 Å². The van der Waals surface area contributed by atoms with Crippen LogP contribution < -0.4 is 0 Å². The summed E-state index contributed by atoms with van der Waals surface area (Å²) < 4.78 is 2.37. The second kappa shape index (κ2) is 5.57. The molecule has 0 aliphatic carbocycles. The molecule has 0 bridgehead atoms. The van der Waals surface area contributed by atoms with E-state index in [2.05, 4.69) is 26.0 Å². The minimum atomic E-state index is -0.261. The Balaban J connectivity index is 1.85. The van der Waals surface area contributed by atoms with E-state index < -0.39 is 0 Å². The van der Waals surface area contributed by atoms with Gasteiger partial charge in [-0.15, -0.1) is 0 Å². The molecule has 0 N–H and O–H groups in total. The van der Waals surface area contributed by atoms with Crippen LogP contribution in [0.5, 0.6) is 0 Å². The van der Waals surface area contributed by atoms with Crippen molar-refractivity contribution in [1.82, 2.24) is 14.6 Å². The Labute approximate surface area is 128 Å². The topological polar surface area (TPSA) is 64.3 Å². The number of carbonyl (C=O) groups excluding carboxylic acids is 2. The van der Waals surface area contributed by atoms with Crippen LogP contribution in [0.2, 0.25) is 0 Å². The number of halogens is 1. The fourth-order valence-corrected chi connectivity index (χ4v) is 2.45. The van der Waals surface area contributed by atoms with Crippen molar-refractivity contribution in [2.45, 2.75) is 6.42 Å². The number of hydrogen-bond acceptors (Lipinski definition) is 4. The summed E-state index contributed by atoms with van der Waals surface area (Å²) >= 11 is 3.31. The van der Waals surface area contributed by atoms with Crippen LogP contribution in [0.3, 0.4) is 0 Å². The van der Waals surface area contributed by atoms with Gasteiger partial charge in [-0.2, -0.15) is 5.10 Å². The maximum atomic E-state index is 12.3. The predicted octanol–water partition coefficient (Wildman–Crippen LogP) is 2.95. The maximum absolute atomic E-state index is 12.3. The molecule has 0 spiro atoms. The highest BCUT2D eigenvalue weighted by Crippen LogP contribution is 2.16. The lowest BCUT2D eigenvalue weighted by Gasteiger charge is -2.01. The molecule has 6 heteroatoms. The summed E-state index contributed by atoms with van der Waals surface area (Å²) in [4.78, 5) is 28.4. The fraction of sp³-hybridized carbons (Fsp3) is 0.0667. The first-order valence-corrected chi connectivity index (χ1v) is 7.04. The van der Waals surface area contributed by atoms with Gasteiger partial charge in [-0.25, -0.2) is 4.52 Å². The number of carbonyl (C=O) groups is 2. The van der Waals surface area contributed by atoms with Crippen molar-refractivity contribution < 1.29 is 9.59 Å². The van der Waals surface area contributed by atoms with E-state index in [0.717, 1.165) is 4.47 Å². The SMILES string of the molecule is O=C(CC(=O)c1cnn2ccncc12)c1cccc(Br)c1. The first-order valence-electron chi connectivity index (χ1n) is 6.24. The summed E-state index contributed by atoms with van der Waals surface area (Å²) in [5.74, 6) is -0.479. The van der Waals surface area contributed by atoms with E-state index in [-0.39, 0.29) is 18.0 Å². The second-order valence-corrected chi connectivity index (χ2v) is 5.41. The van der Waals surface area contributed by atoms with Crippen molar-refractivity contribution in [1.29, 1.82) is 0 Å². The first kappa shape index (κ1) is 13.6. The van der Waals surface area contributed by atoms with Gasteiger partial charge in [0.25, 0.3) is 0 Å². The third-order valence-corrected chi connectivity index (χ3v) is 3.59. The van der Waals surface area contributed by atoms with Gasteiger partial charge in [-0.05, 0) is 12.1 Å². The smallest absolute Gasteiger partial charge is 0.174 e. The molecule has 0 radical (unpaired) electrons. The average Bonchev–Trinajstić information content (AvgIpc) is 2.91. The Morgan fingerprint density at radius 2 is 2.05 bits per heavy atom. The molecule has 0 atom stereocenters. The van der Waals surface area contributed by atoms with Gasteiger partial charge in [-0.1, -0.05) is 28.1 Å². The standard InChI is InChI=1S/C15H10BrN3O2/c16-11-3-1-2-10(6-11)14(20)7-15(21)12-8-18-19-5-4-17-9-13(12)19/h1-6,8-9H,7H2. The average molecular weight is 344 g/mol. The molecule has 21 heavy (non-hydrogen) atoms. The number of aromatic nitrogens is 3. The number of nitrogens with zero attached hydrogens (tertiary/aromatic N) is 3. The summed E-state index contributed by atoms with van der Waals surface area (Å²) in [6.45, 7) is 0. The van der Waals surface area contributed by atoms with Crippen LogP contribution in [0.4, 0.5) is 0 Å². The molecule has 3 aromatic rings. The zero-order chi connectivity index (χ0) is 14.8. The van der Waals surface area contributed by atoms with Crippen LogP contribution in [-0.2, 0) is 0 Å². The van der Waals surface area contributed by atoms with Gasteiger partial charge >= 0.3 is 0 Å². The van der Waals surface area contributed by atoms with Crippen LogP contribution >= 0.6 is 15.9 Å². The van der Waals surface area contributed by atoms with Crippen LogP contribution in [-0.4, -0.2) is 26.2 Å². The number of ketones is 2. The summed E-state index contributed by atoms with van der Waals surface area (Å²) in [6, 6.07) is 6.99. The zero-order valence-corrected chi connectivity index (χ0v) is 12.4. The third kappa shape index (κ3) is 2.75. The summed E-state index contributed by atoms with van der Waals surface area (Å²) in [6.07, 6.45) is 6.08. The zero-order valence-electron chi connectivity index (χ0n) is 10.9. The molecular weight excluding hydrogens is 334 g/mol. The molecule has 0 fully saturated rings. The van der Waals surface area contributed by atoms with Crippen molar-refractivity contribution in [3.8, 4) is 0 Å². The maximum Gasteiger partial charge on any atom is 0.174 e. The molecule has 0 saturated heterocycles. The van der Waals surface area contributed by atoms with Crippen molar-refractivity contribution in [3.63, 3.8) is 0 Å². The highest BCUT2D eigenvalue weighted by atomic mass is 79.9. The number of rotatable bonds is 4. The van der Waals surface area contributed by atoms with E-state index in [4.69, 9.17) is 0 Å². The van der Waals surface area contributed by atoms with Crippen LogP contribution in [0.25, 0.3) is 5.52 Å². The van der Waals surface area contributed by atoms with Gasteiger partial charge in [0.1, 0.15) is 0 Å². The molecule has 1 aromatic carbocycles. The van der Waals surface area contributed by atoms with Gasteiger partial charge < -0.3 is 0 Å². The fourth-order valence-electron chi connectivity index (χ4n) is 2.05. The molecule has 3 rings (SSSR count). The van der Waals surface area contributed by atoms with E-state index in [1.807, 2.05) is 6.07 Å². The quantitative estimate of drug-likeness (QED) is 0.539. The van der Waals surface area contributed by atoms with Crippen molar-refractivity contribution in [2.75, 3.05) is 0 Å². The van der Waals surface area contributed by atoms with E-state index in [0.29, 0.717) is 16.6 Å². The molecule has 0 saturated carbocycles. The highest BCUT2D eigenvalue weighted by molar-refractivity contribution is 9.10. The van der Waals surface area contributed by atoms with E-state index in [1.165, 1.54) is 6.20 Å². The van der Waals surface area contributed by atoms with Crippen molar-refractivity contribution >= 4 is 33.0 Å². The lowest BCUT2D eigenvalue weighted by Crippen LogP contribution is -2.08. The van der Waals surface area contributed by atoms with Gasteiger partial charge in [0.15, 0.2) is 11.6 Å². The Hall–Kier alpha value is -2.34. The molecule has 0 amide bonds. The lowest BCUT2D eigenvalue weighted by atomic mass is 10.0. The van der Waals surface area contributed by atoms with E-state index in [1.54, 1.807) is 41.3 Å². The van der Waals surface area contributed by atoms with Crippen LogP contribution in [0, 0.1) is 0 Å². The third-order valence-electron chi connectivity index (χ3n) is 3.09. The van der Waals surface area contributed by atoms with Gasteiger partial charge in [-0.3, -0.25) is 14.6 Å². The Morgan fingerprint density at radius 1 is 1.19 bits per heavy atom. The Morgan fingerprint density at radius 3 is 2.86 bits per heavy atom. The molecule has 0 unspecified atom stereocenters. The largest absolute Gasteiger partial charge is 0.294 e. The number of hydrogen-bond donors (Lipinski definition) is 0. The normalized spacial score (nSPS) is 10.7. The van der Waals surface area contributed by atoms with Crippen molar-refractivity contribution in [3.05, 3.63) is 64.7 Å². The number of benzene rings is 1. The lowest BCUT2D eigenvalue weighted by molar-refractivity contribution is 0.0895. The number of Topliss-reactive ketones (excluding diaryl/α,β-unsaturated/α-hetero) is 2. The van der Waals surface area contributed by atoms with Crippen LogP contribution in [0.15, 0.2) is 53.5 Å². The second-order valence-electron chi connectivity index (χ2n) is 4.50. The predicted molar refractivity (Wildman–Crippen MR) is 80.4 cm³/mol. The monoisotopic (exact) mass is 343 g/mol. The molecule has 2 heterocycles. The molecule has 5 nitrogen and oxygen atoms in total. The van der Waals surface area contributed by atoms with Crippen molar-refractivity contribution in [2.24, 2.45) is 0 Å². The van der Waals surface area contributed by atoms with Gasteiger partial charge in [0.2, 0.25) is 0 Å². The molecule has 104 valence electrons. The van der Waals surface area contributed by atoms with E-state index >= 15 is 0 Å². The Bertz CT molecular complexity index is 842. The summed E-state index contributed by atoms with van der Waals surface area (Å²) in [5.41, 5.74) is 1.52. The molecule has 0 aliphatic rings. The van der Waals surface area contributed by atoms with Gasteiger partial charge in [0.05, 0.1) is 29.9 Å². The first-order chi connectivity index (χ1) is 10.1. The molecular formula is C15H10BrN3O2. The van der Waals surface area contributed by atoms with Gasteiger partial charge in [0, 0.05) is 22.4 Å². The van der Waals surface area contributed by atoms with E-state index in [9.17, 15) is 9.59 Å². The highest BCUT2D eigenvalue weighted by Gasteiger charge is 2.17. The minimum Gasteiger partial charge on any atom is -0.294 e.